The van der Waals surface area contributed by atoms with Crippen LogP contribution in [0.25, 0.3) is 10.4 Å². The van der Waals surface area contributed by atoms with E-state index in [0.717, 1.165) is 47.7 Å². The number of carboxylic acids is 1. The fourth-order valence-corrected chi connectivity index (χ4v) is 5.99. The largest absolute Gasteiger partial charge is 0.478 e. The van der Waals surface area contributed by atoms with E-state index >= 15 is 0 Å². The minimum atomic E-state index is -4.69. The van der Waals surface area contributed by atoms with Gasteiger partial charge in [0, 0.05) is 28.9 Å². The Hall–Kier alpha value is -3.27. The lowest BCUT2D eigenvalue weighted by atomic mass is 9.93. The molecular weight excluding hydrogens is 496 g/mol. The van der Waals surface area contributed by atoms with Crippen LogP contribution in [0.4, 0.5) is 23.2 Å². The normalized spacial score (nSPS) is 17.2. The van der Waals surface area contributed by atoms with Crippen molar-refractivity contribution in [2.75, 3.05) is 5.32 Å². The summed E-state index contributed by atoms with van der Waals surface area (Å²) in [6.07, 6.45) is 1.99. The lowest BCUT2D eigenvalue weighted by Crippen LogP contribution is -2.29. The van der Waals surface area contributed by atoms with Gasteiger partial charge in [0.1, 0.15) is 5.82 Å². The summed E-state index contributed by atoms with van der Waals surface area (Å²) in [5.41, 5.74) is -1.84. The summed E-state index contributed by atoms with van der Waals surface area (Å²) in [7, 11) is 0. The predicted octanol–water partition coefficient (Wildman–Crippen LogP) is 6.99. The summed E-state index contributed by atoms with van der Waals surface area (Å²) in [6.45, 7) is 0. The minimum Gasteiger partial charge on any atom is -0.478 e. The lowest BCUT2D eigenvalue weighted by Gasteiger charge is -2.18. The van der Waals surface area contributed by atoms with Crippen LogP contribution in [0.2, 0.25) is 0 Å². The van der Waals surface area contributed by atoms with Crippen molar-refractivity contribution in [2.24, 2.45) is 0 Å². The van der Waals surface area contributed by atoms with Crippen LogP contribution < -0.4 is 5.32 Å². The topological polar surface area (TPSA) is 79.3 Å². The monoisotopic (exact) mass is 518 g/mol. The second-order valence-electron chi connectivity index (χ2n) is 9.34. The Labute approximate surface area is 208 Å². The smallest absolute Gasteiger partial charge is 0.416 e. The van der Waals surface area contributed by atoms with E-state index < -0.39 is 34.8 Å². The highest BCUT2D eigenvalue weighted by molar-refractivity contribution is 7.15. The Kier molecular flexibility index (Phi) is 6.10. The van der Waals surface area contributed by atoms with E-state index in [1.165, 1.54) is 17.4 Å². The van der Waals surface area contributed by atoms with Crippen LogP contribution in [0.15, 0.2) is 42.6 Å². The van der Waals surface area contributed by atoms with E-state index in [-0.39, 0.29) is 29.7 Å². The standard InChI is InChI=1S/C26H22F4N2O3S/c27-20-11-15(26(28,29)30)5-8-19(20)25(9-10-25)24(35)32-16-6-7-17(18(12-16)23(33)34)21-13-31-22(36-21)14-3-1-2-4-14/h5-8,11-14H,1-4,9-10H2,(H,32,35)(H,33,34). The molecule has 10 heteroatoms. The molecule has 2 fully saturated rings. The second kappa shape index (κ2) is 8.99. The summed E-state index contributed by atoms with van der Waals surface area (Å²) in [5.74, 6) is -2.46. The molecule has 2 aliphatic rings. The van der Waals surface area contributed by atoms with E-state index in [1.807, 2.05) is 0 Å². The maximum absolute atomic E-state index is 14.6. The number of amides is 1. The number of benzene rings is 2. The second-order valence-corrected chi connectivity index (χ2v) is 10.4. The molecule has 2 aliphatic carbocycles. The number of hydrogen-bond acceptors (Lipinski definition) is 4. The Bertz CT molecular complexity index is 1340. The molecule has 0 unspecified atom stereocenters. The fraction of sp³-hybridized carbons (Fsp3) is 0.346. The Morgan fingerprint density at radius 2 is 1.81 bits per heavy atom. The molecule has 0 saturated heterocycles. The van der Waals surface area contributed by atoms with Crippen LogP contribution >= 0.6 is 11.3 Å². The van der Waals surface area contributed by atoms with Crippen LogP contribution in [0.5, 0.6) is 0 Å². The van der Waals surface area contributed by atoms with Gasteiger partial charge in [-0.1, -0.05) is 25.0 Å². The number of rotatable bonds is 6. The third-order valence-electron chi connectivity index (χ3n) is 7.00. The Morgan fingerprint density at radius 3 is 2.42 bits per heavy atom. The highest BCUT2D eigenvalue weighted by atomic mass is 32.1. The Balaban J connectivity index is 1.39. The predicted molar refractivity (Wildman–Crippen MR) is 127 cm³/mol. The van der Waals surface area contributed by atoms with Crippen molar-refractivity contribution in [3.8, 4) is 10.4 Å². The van der Waals surface area contributed by atoms with Gasteiger partial charge in [-0.15, -0.1) is 11.3 Å². The summed E-state index contributed by atoms with van der Waals surface area (Å²) >= 11 is 1.47. The summed E-state index contributed by atoms with van der Waals surface area (Å²) < 4.78 is 53.3. The number of nitrogens with one attached hydrogen (secondary N) is 1. The molecule has 36 heavy (non-hydrogen) atoms. The third-order valence-corrected chi connectivity index (χ3v) is 8.19. The molecule has 3 aromatic rings. The van der Waals surface area contributed by atoms with Crippen LogP contribution in [0.1, 0.15) is 70.9 Å². The van der Waals surface area contributed by atoms with Gasteiger partial charge in [0.25, 0.3) is 0 Å². The number of hydrogen-bond donors (Lipinski definition) is 2. The molecule has 188 valence electrons. The van der Waals surface area contributed by atoms with Crippen molar-refractivity contribution >= 4 is 28.9 Å². The average molecular weight is 519 g/mol. The molecule has 1 aromatic heterocycles. The number of halogens is 4. The van der Waals surface area contributed by atoms with Gasteiger partial charge >= 0.3 is 12.1 Å². The first-order valence-electron chi connectivity index (χ1n) is 11.6. The molecule has 0 bridgehead atoms. The van der Waals surface area contributed by atoms with Gasteiger partial charge < -0.3 is 10.4 Å². The zero-order valence-corrected chi connectivity index (χ0v) is 19.8. The van der Waals surface area contributed by atoms with Crippen molar-refractivity contribution in [2.45, 2.75) is 56.0 Å². The number of carbonyl (C=O) groups excluding carboxylic acids is 1. The summed E-state index contributed by atoms with van der Waals surface area (Å²) in [4.78, 5) is 30.3. The maximum Gasteiger partial charge on any atom is 0.416 e. The summed E-state index contributed by atoms with van der Waals surface area (Å²) in [5, 5.41) is 13.4. The van der Waals surface area contributed by atoms with Crippen molar-refractivity contribution in [1.82, 2.24) is 4.98 Å². The lowest BCUT2D eigenvalue weighted by molar-refractivity contribution is -0.137. The summed E-state index contributed by atoms with van der Waals surface area (Å²) in [6, 6.07) is 6.66. The number of anilines is 1. The number of carbonyl (C=O) groups is 2. The van der Waals surface area contributed by atoms with E-state index in [1.54, 1.807) is 18.3 Å². The molecule has 2 N–H and O–H groups in total. The van der Waals surface area contributed by atoms with Crippen molar-refractivity contribution in [3.63, 3.8) is 0 Å². The average Bonchev–Trinajstić information content (AvgIpc) is 3.21. The quantitative estimate of drug-likeness (QED) is 0.345. The van der Waals surface area contributed by atoms with Crippen molar-refractivity contribution in [1.29, 1.82) is 0 Å². The minimum absolute atomic E-state index is 0.0139. The molecule has 5 rings (SSSR count). The molecule has 0 spiro atoms. The van der Waals surface area contributed by atoms with Crippen molar-refractivity contribution in [3.05, 3.63) is 70.1 Å². The van der Waals surface area contributed by atoms with Crippen LogP contribution in [-0.2, 0) is 16.4 Å². The zero-order chi connectivity index (χ0) is 25.7. The third kappa shape index (κ3) is 4.50. The van der Waals surface area contributed by atoms with Gasteiger partial charge in [0.15, 0.2) is 0 Å². The number of nitrogens with zero attached hydrogens (tertiary/aromatic N) is 1. The molecule has 0 radical (unpaired) electrons. The molecule has 0 atom stereocenters. The molecule has 1 amide bonds. The number of aromatic carboxylic acids is 1. The first-order valence-corrected chi connectivity index (χ1v) is 12.4. The number of thiazole rings is 1. The van der Waals surface area contributed by atoms with E-state index in [9.17, 15) is 32.3 Å². The molecule has 2 aromatic carbocycles. The van der Waals surface area contributed by atoms with Gasteiger partial charge in [0.2, 0.25) is 5.91 Å². The molecule has 2 saturated carbocycles. The van der Waals surface area contributed by atoms with Gasteiger partial charge in [-0.05, 0) is 49.9 Å². The zero-order valence-electron chi connectivity index (χ0n) is 19.0. The molecular formula is C26H22F4N2O3S. The highest BCUT2D eigenvalue weighted by Gasteiger charge is 2.53. The van der Waals surface area contributed by atoms with Crippen LogP contribution in [0.3, 0.4) is 0 Å². The van der Waals surface area contributed by atoms with E-state index in [2.05, 4.69) is 10.3 Å². The highest BCUT2D eigenvalue weighted by Crippen LogP contribution is 2.50. The Morgan fingerprint density at radius 1 is 1.08 bits per heavy atom. The van der Waals surface area contributed by atoms with E-state index in [0.29, 0.717) is 17.5 Å². The van der Waals surface area contributed by atoms with Gasteiger partial charge in [0.05, 0.1) is 26.4 Å². The van der Waals surface area contributed by atoms with Gasteiger partial charge in [-0.25, -0.2) is 14.2 Å². The van der Waals surface area contributed by atoms with Crippen molar-refractivity contribution < 1.29 is 32.3 Å². The molecule has 5 nitrogen and oxygen atoms in total. The first-order chi connectivity index (χ1) is 17.1. The van der Waals surface area contributed by atoms with Gasteiger partial charge in [-0.2, -0.15) is 13.2 Å². The van der Waals surface area contributed by atoms with Crippen LogP contribution in [-0.4, -0.2) is 22.0 Å². The maximum atomic E-state index is 14.6. The molecule has 1 heterocycles. The van der Waals surface area contributed by atoms with Gasteiger partial charge in [-0.3, -0.25) is 4.79 Å². The number of alkyl halides is 3. The fourth-order valence-electron chi connectivity index (χ4n) is 4.86. The van der Waals surface area contributed by atoms with Crippen LogP contribution in [0, 0.1) is 5.82 Å². The first kappa shape index (κ1) is 24.4. The number of aromatic nitrogens is 1. The molecule has 0 aliphatic heterocycles. The number of carboxylic acid groups (broad SMARTS) is 1. The van der Waals surface area contributed by atoms with E-state index in [4.69, 9.17) is 0 Å². The SMILES string of the molecule is O=C(O)c1cc(NC(=O)C2(c3ccc(C(F)(F)F)cc3F)CC2)ccc1-c1cnc(C2CCCC2)s1.